The van der Waals surface area contributed by atoms with Gasteiger partial charge in [-0.1, -0.05) is 17.7 Å². The summed E-state index contributed by atoms with van der Waals surface area (Å²) in [5.74, 6) is -2.14. The molecule has 82 valence electrons. The van der Waals surface area contributed by atoms with Crippen LogP contribution in [0.3, 0.4) is 0 Å². The number of para-hydroxylation sites is 1. The number of anilines is 1. The first-order valence-corrected chi connectivity index (χ1v) is 4.83. The van der Waals surface area contributed by atoms with Crippen LogP contribution in [0.5, 0.6) is 0 Å². The van der Waals surface area contributed by atoms with E-state index in [-0.39, 0.29) is 22.8 Å². The maximum atomic E-state index is 11.6. The van der Waals surface area contributed by atoms with Crippen LogP contribution < -0.4 is 10.6 Å². The number of hydrogen-bond acceptors (Lipinski definition) is 3. The molecule has 5 nitrogen and oxygen atoms in total. The molecule has 0 aliphatic carbocycles. The first-order valence-electron chi connectivity index (χ1n) is 4.45. The molecule has 16 heavy (non-hydrogen) atoms. The number of ketones is 1. The minimum Gasteiger partial charge on any atom is -0.368 e. The van der Waals surface area contributed by atoms with Gasteiger partial charge in [-0.05, 0) is 12.1 Å². The van der Waals surface area contributed by atoms with Crippen LogP contribution in [0.4, 0.5) is 5.69 Å². The molecule has 0 fully saturated rings. The predicted octanol–water partition coefficient (Wildman–Crippen LogP) is 0.355. The normalized spacial score (nSPS) is 14.2. The summed E-state index contributed by atoms with van der Waals surface area (Å²) in [6.45, 7) is -0.346. The molecule has 1 aromatic rings. The Bertz CT molecular complexity index is 513. The number of nitrogens with zero attached hydrogens (tertiary/aromatic N) is 1. The summed E-state index contributed by atoms with van der Waals surface area (Å²) in [4.78, 5) is 34.9. The van der Waals surface area contributed by atoms with Crippen molar-refractivity contribution in [2.75, 3.05) is 11.4 Å². The molecule has 0 aromatic heterocycles. The van der Waals surface area contributed by atoms with Gasteiger partial charge in [-0.3, -0.25) is 19.3 Å². The molecular formula is C10H7ClN2O3. The van der Waals surface area contributed by atoms with Crippen LogP contribution in [-0.2, 0) is 9.59 Å². The predicted molar refractivity (Wildman–Crippen MR) is 57.3 cm³/mol. The lowest BCUT2D eigenvalue weighted by molar-refractivity contribution is -0.119. The number of nitrogens with two attached hydrogens (primary N) is 1. The lowest BCUT2D eigenvalue weighted by atomic mass is 10.1. The third-order valence-electron chi connectivity index (χ3n) is 2.25. The molecule has 2 amide bonds. The molecule has 1 aromatic carbocycles. The number of carbonyl (C=O) groups excluding carboxylic acids is 3. The Morgan fingerprint density at radius 2 is 2.06 bits per heavy atom. The Morgan fingerprint density at radius 3 is 2.69 bits per heavy atom. The van der Waals surface area contributed by atoms with Crippen molar-refractivity contribution in [3.05, 3.63) is 28.8 Å². The fourth-order valence-electron chi connectivity index (χ4n) is 1.62. The average molecular weight is 239 g/mol. The first kappa shape index (κ1) is 10.6. The van der Waals surface area contributed by atoms with Gasteiger partial charge in [0.25, 0.3) is 11.7 Å². The summed E-state index contributed by atoms with van der Waals surface area (Å²) in [6, 6.07) is 4.60. The van der Waals surface area contributed by atoms with Crippen molar-refractivity contribution in [2.45, 2.75) is 0 Å². The van der Waals surface area contributed by atoms with Crippen molar-refractivity contribution in [2.24, 2.45) is 5.73 Å². The second-order valence-corrected chi connectivity index (χ2v) is 3.73. The molecule has 1 aliphatic rings. The molecule has 2 rings (SSSR count). The molecule has 0 saturated heterocycles. The third-order valence-corrected chi connectivity index (χ3v) is 2.56. The quantitative estimate of drug-likeness (QED) is 0.755. The number of amides is 2. The number of fused-ring (bicyclic) bond motifs is 1. The maximum Gasteiger partial charge on any atom is 0.300 e. The second kappa shape index (κ2) is 3.61. The Morgan fingerprint density at radius 1 is 1.38 bits per heavy atom. The van der Waals surface area contributed by atoms with Crippen LogP contribution in [0.15, 0.2) is 18.2 Å². The van der Waals surface area contributed by atoms with Crippen molar-refractivity contribution in [1.82, 2.24) is 0 Å². The zero-order chi connectivity index (χ0) is 11.9. The minimum atomic E-state index is -0.776. The highest BCUT2D eigenvalue weighted by Crippen LogP contribution is 2.35. The van der Waals surface area contributed by atoms with Gasteiger partial charge in [0, 0.05) is 0 Å². The lowest BCUT2D eigenvalue weighted by Gasteiger charge is -2.14. The minimum absolute atomic E-state index is 0.207. The summed E-state index contributed by atoms with van der Waals surface area (Å²) >= 11 is 5.88. The smallest absolute Gasteiger partial charge is 0.300 e. The highest BCUT2D eigenvalue weighted by atomic mass is 35.5. The van der Waals surface area contributed by atoms with Gasteiger partial charge in [0.15, 0.2) is 0 Å². The number of carbonyl (C=O) groups is 3. The van der Waals surface area contributed by atoms with E-state index in [1.54, 1.807) is 12.1 Å². The standard InChI is InChI=1S/C10H7ClN2O3/c11-6-3-1-2-5-8(6)13(4-7(12)14)10(16)9(5)15/h1-3H,4H2,(H2,12,14). The van der Waals surface area contributed by atoms with E-state index in [9.17, 15) is 14.4 Å². The highest BCUT2D eigenvalue weighted by molar-refractivity contribution is 6.54. The zero-order valence-electron chi connectivity index (χ0n) is 8.07. The van der Waals surface area contributed by atoms with Gasteiger partial charge in [0.2, 0.25) is 5.91 Å². The van der Waals surface area contributed by atoms with Crippen LogP contribution in [-0.4, -0.2) is 24.1 Å². The molecule has 1 heterocycles. The van der Waals surface area contributed by atoms with Crippen molar-refractivity contribution < 1.29 is 14.4 Å². The van der Waals surface area contributed by atoms with E-state index in [2.05, 4.69) is 0 Å². The lowest BCUT2D eigenvalue weighted by Crippen LogP contribution is -2.37. The van der Waals surface area contributed by atoms with E-state index < -0.39 is 17.6 Å². The van der Waals surface area contributed by atoms with Crippen LogP contribution >= 0.6 is 11.6 Å². The van der Waals surface area contributed by atoms with Gasteiger partial charge in [0.1, 0.15) is 6.54 Å². The van der Waals surface area contributed by atoms with Gasteiger partial charge in [-0.15, -0.1) is 0 Å². The molecule has 0 atom stereocenters. The summed E-state index contributed by atoms with van der Waals surface area (Å²) < 4.78 is 0. The summed E-state index contributed by atoms with van der Waals surface area (Å²) in [6.07, 6.45) is 0. The van der Waals surface area contributed by atoms with E-state index in [1.807, 2.05) is 0 Å². The van der Waals surface area contributed by atoms with Crippen molar-refractivity contribution in [1.29, 1.82) is 0 Å². The summed E-state index contributed by atoms with van der Waals surface area (Å²) in [7, 11) is 0. The Balaban J connectivity index is 2.56. The number of benzene rings is 1. The van der Waals surface area contributed by atoms with Gasteiger partial charge in [0.05, 0.1) is 16.3 Å². The van der Waals surface area contributed by atoms with Crippen LogP contribution in [0.2, 0.25) is 5.02 Å². The molecule has 0 unspecified atom stereocenters. The van der Waals surface area contributed by atoms with Gasteiger partial charge >= 0.3 is 0 Å². The fourth-order valence-corrected chi connectivity index (χ4v) is 1.90. The first-order chi connectivity index (χ1) is 7.52. The van der Waals surface area contributed by atoms with Gasteiger partial charge < -0.3 is 5.73 Å². The number of Topliss-reactive ketones (excluding diaryl/α,β-unsaturated/α-hetero) is 1. The molecular weight excluding hydrogens is 232 g/mol. The summed E-state index contributed by atoms with van der Waals surface area (Å²) in [5.41, 5.74) is 5.47. The van der Waals surface area contributed by atoms with Crippen molar-refractivity contribution in [3.8, 4) is 0 Å². The zero-order valence-corrected chi connectivity index (χ0v) is 8.82. The molecule has 0 spiro atoms. The van der Waals surface area contributed by atoms with Gasteiger partial charge in [-0.25, -0.2) is 0 Å². The number of primary amides is 1. The number of rotatable bonds is 2. The average Bonchev–Trinajstić information content (AvgIpc) is 2.45. The Kier molecular flexibility index (Phi) is 2.40. The van der Waals surface area contributed by atoms with Crippen LogP contribution in [0, 0.1) is 0 Å². The maximum absolute atomic E-state index is 11.6. The molecule has 0 bridgehead atoms. The molecule has 2 N–H and O–H groups in total. The van der Waals surface area contributed by atoms with Gasteiger partial charge in [-0.2, -0.15) is 0 Å². The van der Waals surface area contributed by atoms with Crippen LogP contribution in [0.25, 0.3) is 0 Å². The topological polar surface area (TPSA) is 80.5 Å². The second-order valence-electron chi connectivity index (χ2n) is 3.32. The molecule has 0 radical (unpaired) electrons. The summed E-state index contributed by atoms with van der Waals surface area (Å²) in [5, 5.41) is 0.248. The van der Waals surface area contributed by atoms with Crippen molar-refractivity contribution >= 4 is 34.9 Å². The van der Waals surface area contributed by atoms with Crippen molar-refractivity contribution in [3.63, 3.8) is 0 Å². The third kappa shape index (κ3) is 1.45. The Hall–Kier alpha value is -1.88. The molecule has 6 heteroatoms. The number of halogens is 1. The Labute approximate surface area is 95.8 Å². The monoisotopic (exact) mass is 238 g/mol. The van der Waals surface area contributed by atoms with Crippen LogP contribution in [0.1, 0.15) is 10.4 Å². The highest BCUT2D eigenvalue weighted by Gasteiger charge is 2.37. The molecule has 1 aliphatic heterocycles. The number of hydrogen-bond donors (Lipinski definition) is 1. The van der Waals surface area contributed by atoms with E-state index >= 15 is 0 Å². The van der Waals surface area contributed by atoms with E-state index in [0.29, 0.717) is 0 Å². The van der Waals surface area contributed by atoms with E-state index in [4.69, 9.17) is 17.3 Å². The largest absolute Gasteiger partial charge is 0.368 e. The van der Waals surface area contributed by atoms with E-state index in [1.165, 1.54) is 6.07 Å². The fraction of sp³-hybridized carbons (Fsp3) is 0.100. The van der Waals surface area contributed by atoms with E-state index in [0.717, 1.165) is 4.90 Å². The molecule has 0 saturated carbocycles. The SMILES string of the molecule is NC(=O)CN1C(=O)C(=O)c2cccc(Cl)c21.